The summed E-state index contributed by atoms with van der Waals surface area (Å²) < 4.78 is 19.2. The van der Waals surface area contributed by atoms with Crippen molar-refractivity contribution in [2.45, 2.75) is 20.0 Å². The fraction of sp³-hybridized carbons (Fsp3) is 0.250. The highest BCUT2D eigenvalue weighted by Gasteiger charge is 2.05. The van der Waals surface area contributed by atoms with Gasteiger partial charge in [-0.15, -0.1) is 0 Å². The summed E-state index contributed by atoms with van der Waals surface area (Å²) in [6, 6.07) is 14.5. The first-order chi connectivity index (χ1) is 9.15. The Morgan fingerprint density at radius 3 is 2.47 bits per heavy atom. The number of benzene rings is 2. The predicted octanol–water partition coefficient (Wildman–Crippen LogP) is 4.01. The maximum atomic E-state index is 13.4. The van der Waals surface area contributed by atoms with Crippen molar-refractivity contribution < 1.29 is 9.13 Å². The molecular formula is C16H18FNO. The Balaban J connectivity index is 1.86. The number of nitrogens with one attached hydrogen (secondary N) is 1. The quantitative estimate of drug-likeness (QED) is 0.875. The molecule has 0 radical (unpaired) electrons. The maximum Gasteiger partial charge on any atom is 0.146 e. The lowest BCUT2D eigenvalue weighted by molar-refractivity contribution is 0.234. The van der Waals surface area contributed by atoms with E-state index in [0.29, 0.717) is 12.2 Å². The Morgan fingerprint density at radius 2 is 1.79 bits per heavy atom. The van der Waals surface area contributed by atoms with Gasteiger partial charge >= 0.3 is 0 Å². The highest BCUT2D eigenvalue weighted by molar-refractivity contribution is 5.44. The third kappa shape index (κ3) is 3.98. The average molecular weight is 259 g/mol. The van der Waals surface area contributed by atoms with E-state index in [2.05, 4.69) is 5.32 Å². The Labute approximate surface area is 113 Å². The van der Waals surface area contributed by atoms with E-state index >= 15 is 0 Å². The van der Waals surface area contributed by atoms with Crippen molar-refractivity contribution in [2.24, 2.45) is 0 Å². The number of rotatable bonds is 5. The fourth-order valence-electron chi connectivity index (χ4n) is 1.75. The van der Waals surface area contributed by atoms with Gasteiger partial charge in [-0.3, -0.25) is 0 Å². The molecular weight excluding hydrogens is 241 g/mol. The van der Waals surface area contributed by atoms with E-state index in [1.165, 1.54) is 11.6 Å². The summed E-state index contributed by atoms with van der Waals surface area (Å²) in [6.45, 7) is 4.54. The summed E-state index contributed by atoms with van der Waals surface area (Å²) >= 11 is 0. The molecule has 2 aromatic carbocycles. The molecule has 0 aromatic heterocycles. The van der Waals surface area contributed by atoms with Crippen LogP contribution in [0.2, 0.25) is 0 Å². The third-order valence-electron chi connectivity index (χ3n) is 2.81. The number of hydrogen-bond acceptors (Lipinski definition) is 2. The highest BCUT2D eigenvalue weighted by atomic mass is 19.1. The van der Waals surface area contributed by atoms with Crippen molar-refractivity contribution in [1.29, 1.82) is 0 Å². The van der Waals surface area contributed by atoms with E-state index in [4.69, 9.17) is 4.74 Å². The number of ether oxygens (including phenoxy) is 1. The molecule has 3 heteroatoms. The van der Waals surface area contributed by atoms with Crippen LogP contribution >= 0.6 is 0 Å². The first kappa shape index (κ1) is 13.4. The van der Waals surface area contributed by atoms with Gasteiger partial charge in [-0.1, -0.05) is 29.8 Å². The molecule has 0 amide bonds. The first-order valence-corrected chi connectivity index (χ1v) is 6.37. The molecule has 2 aromatic rings. The second kappa shape index (κ2) is 6.23. The second-order valence-corrected chi connectivity index (χ2v) is 4.60. The van der Waals surface area contributed by atoms with Gasteiger partial charge in [0.1, 0.15) is 17.7 Å². The molecule has 0 heterocycles. The fourth-order valence-corrected chi connectivity index (χ4v) is 1.75. The minimum absolute atomic E-state index is 0.0395. The van der Waals surface area contributed by atoms with Gasteiger partial charge < -0.3 is 10.1 Å². The van der Waals surface area contributed by atoms with E-state index in [1.54, 1.807) is 18.2 Å². The molecule has 2 nitrogen and oxygen atoms in total. The summed E-state index contributed by atoms with van der Waals surface area (Å²) in [5.74, 6) is 0.582. The van der Waals surface area contributed by atoms with Crippen LogP contribution in [0.4, 0.5) is 10.1 Å². The molecule has 100 valence electrons. The largest absolute Gasteiger partial charge is 0.489 e. The summed E-state index contributed by atoms with van der Waals surface area (Å²) in [5.41, 5.74) is 1.70. The molecule has 19 heavy (non-hydrogen) atoms. The molecule has 1 unspecified atom stereocenters. The zero-order chi connectivity index (χ0) is 13.7. The Hall–Kier alpha value is -2.03. The van der Waals surface area contributed by atoms with Gasteiger partial charge in [0.2, 0.25) is 0 Å². The first-order valence-electron chi connectivity index (χ1n) is 6.37. The zero-order valence-corrected chi connectivity index (χ0v) is 11.2. The van der Waals surface area contributed by atoms with Gasteiger partial charge in [0.25, 0.3) is 0 Å². The normalized spacial score (nSPS) is 11.9. The lowest BCUT2D eigenvalue weighted by atomic mass is 10.2. The molecule has 0 fully saturated rings. The molecule has 0 saturated carbocycles. The maximum absolute atomic E-state index is 13.4. The average Bonchev–Trinajstić information content (AvgIpc) is 2.40. The van der Waals surface area contributed by atoms with Gasteiger partial charge in [0.05, 0.1) is 12.2 Å². The SMILES string of the molecule is Cc1ccc(OC(C)CNc2ccccc2F)cc1. The number of anilines is 1. The monoisotopic (exact) mass is 259 g/mol. The van der Waals surface area contributed by atoms with E-state index in [9.17, 15) is 4.39 Å². The number of hydrogen-bond donors (Lipinski definition) is 1. The van der Waals surface area contributed by atoms with Crippen molar-refractivity contribution in [3.05, 3.63) is 59.9 Å². The van der Waals surface area contributed by atoms with Crippen LogP contribution < -0.4 is 10.1 Å². The van der Waals surface area contributed by atoms with Gasteiger partial charge in [-0.25, -0.2) is 4.39 Å². The van der Waals surface area contributed by atoms with E-state index < -0.39 is 0 Å². The molecule has 1 atom stereocenters. The Kier molecular flexibility index (Phi) is 4.39. The number of halogens is 1. The minimum Gasteiger partial charge on any atom is -0.489 e. The molecule has 1 N–H and O–H groups in total. The zero-order valence-electron chi connectivity index (χ0n) is 11.2. The van der Waals surface area contributed by atoms with Gasteiger partial charge in [-0.05, 0) is 38.1 Å². The Morgan fingerprint density at radius 1 is 1.11 bits per heavy atom. The van der Waals surface area contributed by atoms with Crippen molar-refractivity contribution in [3.63, 3.8) is 0 Å². The van der Waals surface area contributed by atoms with E-state index in [-0.39, 0.29) is 11.9 Å². The topological polar surface area (TPSA) is 21.3 Å². The Bertz CT molecular complexity index is 525. The van der Waals surface area contributed by atoms with E-state index in [0.717, 1.165) is 5.75 Å². The lowest BCUT2D eigenvalue weighted by Gasteiger charge is -2.16. The molecule has 2 rings (SSSR count). The lowest BCUT2D eigenvalue weighted by Crippen LogP contribution is -2.23. The smallest absolute Gasteiger partial charge is 0.146 e. The van der Waals surface area contributed by atoms with Gasteiger partial charge in [0, 0.05) is 0 Å². The van der Waals surface area contributed by atoms with Crippen molar-refractivity contribution >= 4 is 5.69 Å². The molecule has 0 spiro atoms. The van der Waals surface area contributed by atoms with Crippen LogP contribution in [0.1, 0.15) is 12.5 Å². The van der Waals surface area contributed by atoms with Crippen LogP contribution in [-0.2, 0) is 0 Å². The van der Waals surface area contributed by atoms with Crippen molar-refractivity contribution in [2.75, 3.05) is 11.9 Å². The van der Waals surface area contributed by atoms with Crippen LogP contribution in [0.25, 0.3) is 0 Å². The van der Waals surface area contributed by atoms with Gasteiger partial charge in [-0.2, -0.15) is 0 Å². The molecule has 0 saturated heterocycles. The van der Waals surface area contributed by atoms with Crippen LogP contribution in [0, 0.1) is 12.7 Å². The second-order valence-electron chi connectivity index (χ2n) is 4.60. The van der Waals surface area contributed by atoms with Crippen LogP contribution in [-0.4, -0.2) is 12.6 Å². The standard InChI is InChI=1S/C16H18FNO/c1-12-7-9-14(10-8-12)19-13(2)11-18-16-6-4-3-5-15(16)17/h3-10,13,18H,11H2,1-2H3. The van der Waals surface area contributed by atoms with Crippen LogP contribution in [0.15, 0.2) is 48.5 Å². The summed E-state index contributed by atoms with van der Waals surface area (Å²) in [6.07, 6.45) is -0.0395. The van der Waals surface area contributed by atoms with Crippen molar-refractivity contribution in [1.82, 2.24) is 0 Å². The molecule has 0 aliphatic rings. The number of para-hydroxylation sites is 1. The van der Waals surface area contributed by atoms with Crippen LogP contribution in [0.3, 0.4) is 0 Å². The number of aryl methyl sites for hydroxylation is 1. The third-order valence-corrected chi connectivity index (χ3v) is 2.81. The van der Waals surface area contributed by atoms with Crippen LogP contribution in [0.5, 0.6) is 5.75 Å². The predicted molar refractivity (Wildman–Crippen MR) is 76.2 cm³/mol. The van der Waals surface area contributed by atoms with Gasteiger partial charge in [0.15, 0.2) is 0 Å². The summed E-state index contributed by atoms with van der Waals surface area (Å²) in [5, 5.41) is 3.04. The molecule has 0 aliphatic heterocycles. The molecule has 0 aliphatic carbocycles. The van der Waals surface area contributed by atoms with Crippen molar-refractivity contribution in [3.8, 4) is 5.75 Å². The summed E-state index contributed by atoms with van der Waals surface area (Å²) in [4.78, 5) is 0. The summed E-state index contributed by atoms with van der Waals surface area (Å²) in [7, 11) is 0. The minimum atomic E-state index is -0.245. The highest BCUT2D eigenvalue weighted by Crippen LogP contribution is 2.15. The molecule has 0 bridgehead atoms. The van der Waals surface area contributed by atoms with E-state index in [1.807, 2.05) is 38.1 Å².